The van der Waals surface area contributed by atoms with Gasteiger partial charge in [0.05, 0.1) is 0 Å². The van der Waals surface area contributed by atoms with E-state index >= 15 is 0 Å². The van der Waals surface area contributed by atoms with Gasteiger partial charge in [-0.25, -0.2) is 0 Å². The first-order valence-electron chi connectivity index (χ1n) is 11.5. The van der Waals surface area contributed by atoms with E-state index in [2.05, 4.69) is 81.4 Å². The Balaban J connectivity index is 0.00000193. The van der Waals surface area contributed by atoms with E-state index in [0.29, 0.717) is 5.75 Å². The molecule has 1 aliphatic rings. The number of quaternary nitrogens is 2. The number of benzene rings is 3. The third-order valence-electron chi connectivity index (χ3n) is 6.62. The van der Waals surface area contributed by atoms with Crippen LogP contribution in [0.25, 0.3) is 0 Å². The molecule has 3 nitrogen and oxygen atoms in total. The molecule has 0 amide bonds. The summed E-state index contributed by atoms with van der Waals surface area (Å²) in [5.74, 6) is 0.349. The van der Waals surface area contributed by atoms with Crippen molar-refractivity contribution in [3.8, 4) is 5.75 Å². The number of aromatic hydroxyl groups is 1. The van der Waals surface area contributed by atoms with Gasteiger partial charge in [0.1, 0.15) is 44.5 Å². The lowest BCUT2D eigenvalue weighted by atomic mass is 9.85. The molecular weight excluding hydrogens is 451 g/mol. The molecule has 0 unspecified atom stereocenters. The van der Waals surface area contributed by atoms with Gasteiger partial charge in [0, 0.05) is 16.7 Å². The van der Waals surface area contributed by atoms with E-state index < -0.39 is 0 Å². The molecule has 4 rings (SSSR count). The largest absolute Gasteiger partial charge is 1.00 e. The van der Waals surface area contributed by atoms with Crippen LogP contribution in [-0.2, 0) is 12.0 Å². The quantitative estimate of drug-likeness (QED) is 0.347. The van der Waals surface area contributed by atoms with Crippen LogP contribution < -0.4 is 34.6 Å². The fourth-order valence-corrected chi connectivity index (χ4v) is 4.82. The van der Waals surface area contributed by atoms with E-state index in [0.717, 1.165) is 19.6 Å². The van der Waals surface area contributed by atoms with Crippen molar-refractivity contribution in [3.63, 3.8) is 0 Å². The fraction of sp³-hybridized carbons (Fsp3) is 0.357. The number of halogens is 2. The van der Waals surface area contributed by atoms with Gasteiger partial charge in [0.15, 0.2) is 0 Å². The zero-order chi connectivity index (χ0) is 21.8. The molecule has 1 atom stereocenters. The molecule has 0 bridgehead atoms. The molecule has 5 heteroatoms. The van der Waals surface area contributed by atoms with Crippen LogP contribution in [0.1, 0.15) is 49.1 Å². The number of rotatable bonds is 5. The van der Waals surface area contributed by atoms with Crippen LogP contribution in [0.3, 0.4) is 0 Å². The molecule has 1 fully saturated rings. The number of nitrogens with one attached hydrogen (secondary N) is 2. The maximum Gasteiger partial charge on any atom is 0.139 e. The number of piperazine rings is 1. The van der Waals surface area contributed by atoms with Crippen molar-refractivity contribution in [3.05, 3.63) is 101 Å². The summed E-state index contributed by atoms with van der Waals surface area (Å²) in [5.41, 5.74) is 5.46. The minimum absolute atomic E-state index is 0. The summed E-state index contributed by atoms with van der Waals surface area (Å²) in [6.45, 7) is 12.5. The molecule has 0 radical (unpaired) electrons. The SMILES string of the molecule is CC(C)(C)c1ccc([C@@H](c2cccc(O)c2)[NH+]2CC[NH+](Cc3ccccc3)CC2)cc1.[Cl-].[Cl-]. The highest BCUT2D eigenvalue weighted by Crippen LogP contribution is 2.27. The van der Waals surface area contributed by atoms with Crippen LogP contribution in [0.4, 0.5) is 0 Å². The predicted molar refractivity (Wildman–Crippen MR) is 127 cm³/mol. The fourth-order valence-electron chi connectivity index (χ4n) is 4.82. The highest BCUT2D eigenvalue weighted by atomic mass is 35.5. The Bertz CT molecular complexity index is 979. The van der Waals surface area contributed by atoms with E-state index in [1.54, 1.807) is 15.9 Å². The van der Waals surface area contributed by atoms with Gasteiger partial charge in [0.25, 0.3) is 0 Å². The minimum Gasteiger partial charge on any atom is -1.00 e. The zero-order valence-corrected chi connectivity index (χ0v) is 21.3. The molecular formula is C28H36Cl2N2O. The molecule has 1 heterocycles. The van der Waals surface area contributed by atoms with Crippen LogP contribution in [-0.4, -0.2) is 31.3 Å². The monoisotopic (exact) mass is 486 g/mol. The number of phenolic OH excluding ortho intramolecular Hbond substituents is 1. The van der Waals surface area contributed by atoms with Crippen molar-refractivity contribution < 1.29 is 39.7 Å². The Morgan fingerprint density at radius 3 is 1.97 bits per heavy atom. The third-order valence-corrected chi connectivity index (χ3v) is 6.62. The Kier molecular flexibility index (Phi) is 9.81. The average Bonchev–Trinajstić information content (AvgIpc) is 2.76. The maximum atomic E-state index is 10.2. The molecule has 0 aliphatic carbocycles. The van der Waals surface area contributed by atoms with Gasteiger partial charge in [0.2, 0.25) is 0 Å². The van der Waals surface area contributed by atoms with Crippen molar-refractivity contribution >= 4 is 0 Å². The predicted octanol–water partition coefficient (Wildman–Crippen LogP) is -3.23. The second kappa shape index (κ2) is 11.9. The van der Waals surface area contributed by atoms with Gasteiger partial charge in [-0.3, -0.25) is 0 Å². The van der Waals surface area contributed by atoms with Gasteiger partial charge < -0.3 is 39.7 Å². The van der Waals surface area contributed by atoms with Crippen molar-refractivity contribution in [1.29, 1.82) is 0 Å². The Hall–Kier alpha value is -2.04. The van der Waals surface area contributed by atoms with Crippen molar-refractivity contribution in [1.82, 2.24) is 0 Å². The van der Waals surface area contributed by atoms with Crippen molar-refractivity contribution in [2.45, 2.75) is 38.8 Å². The molecule has 178 valence electrons. The second-order valence-corrected chi connectivity index (χ2v) is 9.97. The molecule has 0 aromatic heterocycles. The lowest BCUT2D eigenvalue weighted by Crippen LogP contribution is -3.27. The molecule has 0 saturated carbocycles. The molecule has 1 aliphatic heterocycles. The zero-order valence-electron chi connectivity index (χ0n) is 19.8. The molecule has 3 aromatic rings. The average molecular weight is 488 g/mol. The topological polar surface area (TPSA) is 29.1 Å². The highest BCUT2D eigenvalue weighted by Gasteiger charge is 2.32. The molecule has 1 saturated heterocycles. The van der Waals surface area contributed by atoms with E-state index in [1.165, 1.54) is 35.3 Å². The van der Waals surface area contributed by atoms with Gasteiger partial charge in [-0.15, -0.1) is 0 Å². The van der Waals surface area contributed by atoms with E-state index in [1.807, 2.05) is 12.1 Å². The van der Waals surface area contributed by atoms with Crippen LogP contribution in [0, 0.1) is 0 Å². The summed E-state index contributed by atoms with van der Waals surface area (Å²) >= 11 is 0. The minimum atomic E-state index is 0. The summed E-state index contributed by atoms with van der Waals surface area (Å²) in [6, 6.07) is 28.1. The highest BCUT2D eigenvalue weighted by molar-refractivity contribution is 5.36. The van der Waals surface area contributed by atoms with Gasteiger partial charge in [-0.2, -0.15) is 0 Å². The van der Waals surface area contributed by atoms with Gasteiger partial charge in [-0.05, 0) is 23.1 Å². The van der Waals surface area contributed by atoms with Crippen LogP contribution in [0.5, 0.6) is 5.75 Å². The summed E-state index contributed by atoms with van der Waals surface area (Å²) in [7, 11) is 0. The first kappa shape index (κ1) is 27.2. The lowest BCUT2D eigenvalue weighted by Gasteiger charge is -2.35. The molecule has 3 N–H and O–H groups in total. The Labute approximate surface area is 211 Å². The second-order valence-electron chi connectivity index (χ2n) is 9.97. The number of hydrogen-bond acceptors (Lipinski definition) is 1. The first-order chi connectivity index (χ1) is 14.9. The number of hydrogen-bond donors (Lipinski definition) is 3. The third kappa shape index (κ3) is 6.97. The van der Waals surface area contributed by atoms with Crippen molar-refractivity contribution in [2.75, 3.05) is 26.2 Å². The van der Waals surface area contributed by atoms with E-state index in [4.69, 9.17) is 0 Å². The molecule has 33 heavy (non-hydrogen) atoms. The summed E-state index contributed by atoms with van der Waals surface area (Å²) in [6.07, 6.45) is 0. The molecule has 0 spiro atoms. The van der Waals surface area contributed by atoms with Crippen LogP contribution >= 0.6 is 0 Å². The maximum absolute atomic E-state index is 10.2. The lowest BCUT2D eigenvalue weighted by molar-refractivity contribution is -1.03. The molecule has 3 aromatic carbocycles. The summed E-state index contributed by atoms with van der Waals surface area (Å²) < 4.78 is 0. The van der Waals surface area contributed by atoms with Crippen LogP contribution in [0.15, 0.2) is 78.9 Å². The summed E-state index contributed by atoms with van der Waals surface area (Å²) in [4.78, 5) is 3.25. The Morgan fingerprint density at radius 1 is 0.758 bits per heavy atom. The number of phenols is 1. The smallest absolute Gasteiger partial charge is 0.139 e. The normalized spacial score (nSPS) is 19.1. The van der Waals surface area contributed by atoms with E-state index in [-0.39, 0.29) is 36.3 Å². The van der Waals surface area contributed by atoms with E-state index in [9.17, 15) is 5.11 Å². The van der Waals surface area contributed by atoms with Crippen molar-refractivity contribution in [2.24, 2.45) is 0 Å². The standard InChI is InChI=1S/C28H34N2O.2ClH/c1-28(2,3)25-14-12-23(13-15-25)27(24-10-7-11-26(31)20-24)30-18-16-29(17-19-30)21-22-8-5-4-6-9-22;;/h4-15,20,27,31H,16-19,21H2,1-3H3;2*1H/t27-;;/m0../s1. The van der Waals surface area contributed by atoms with Gasteiger partial charge >= 0.3 is 0 Å². The van der Waals surface area contributed by atoms with Crippen LogP contribution in [0.2, 0.25) is 0 Å². The summed E-state index contributed by atoms with van der Waals surface area (Å²) in [5, 5.41) is 10.2. The Morgan fingerprint density at radius 2 is 1.39 bits per heavy atom. The first-order valence-corrected chi connectivity index (χ1v) is 11.5. The van der Waals surface area contributed by atoms with Gasteiger partial charge in [-0.1, -0.05) is 87.5 Å².